The Labute approximate surface area is 211 Å². The van der Waals surface area contributed by atoms with E-state index in [1.54, 1.807) is 12.0 Å². The van der Waals surface area contributed by atoms with Gasteiger partial charge >= 0.3 is 0 Å². The van der Waals surface area contributed by atoms with Crippen LogP contribution in [0.1, 0.15) is 24.2 Å². The molecule has 0 fully saturated rings. The van der Waals surface area contributed by atoms with Gasteiger partial charge in [0, 0.05) is 18.7 Å². The van der Waals surface area contributed by atoms with Gasteiger partial charge in [-0.25, -0.2) is 4.98 Å². The number of rotatable bonds is 9. The maximum Gasteiger partial charge on any atom is 0.260 e. The van der Waals surface area contributed by atoms with Crippen LogP contribution in [0.4, 0.5) is 5.13 Å². The van der Waals surface area contributed by atoms with Crippen LogP contribution in [0.3, 0.4) is 0 Å². The fourth-order valence-electron chi connectivity index (χ4n) is 3.85. The van der Waals surface area contributed by atoms with E-state index in [0.717, 1.165) is 46.7 Å². The van der Waals surface area contributed by atoms with Crippen LogP contribution in [0.15, 0.2) is 72.8 Å². The van der Waals surface area contributed by atoms with Crippen LogP contribution in [0.25, 0.3) is 21.3 Å². The Hall–Kier alpha value is -2.93. The summed E-state index contributed by atoms with van der Waals surface area (Å²) in [6.07, 6.45) is 0. The third-order valence-corrected chi connectivity index (χ3v) is 6.88. The second kappa shape index (κ2) is 12.0. The number of aromatic nitrogens is 1. The first kappa shape index (κ1) is 25.7. The van der Waals surface area contributed by atoms with Gasteiger partial charge in [-0.3, -0.25) is 9.69 Å². The molecule has 0 saturated heterocycles. The van der Waals surface area contributed by atoms with Gasteiger partial charge in [0.2, 0.25) is 0 Å². The fraction of sp³-hybridized carbons (Fsp3) is 0.259. The van der Waals surface area contributed by atoms with Crippen LogP contribution < -0.4 is 9.64 Å². The van der Waals surface area contributed by atoms with E-state index in [-0.39, 0.29) is 18.3 Å². The molecule has 0 aliphatic rings. The minimum absolute atomic E-state index is 0. The molecular weight excluding hydrogens is 466 g/mol. The van der Waals surface area contributed by atoms with E-state index in [1.165, 1.54) is 11.3 Å². The molecule has 0 atom stereocenters. The van der Waals surface area contributed by atoms with Gasteiger partial charge in [-0.05, 0) is 48.5 Å². The molecule has 0 saturated carbocycles. The standard InChI is InChI=1S/C27H29N3O2S.ClH/c1-4-29(5-2)18-19-30(27-28-25-23(32-3)12-9-13-24(25)33-27)26(31)22-16-14-21(15-17-22)20-10-7-6-8-11-20;/h6-17H,4-5,18-19H2,1-3H3;1H. The van der Waals surface area contributed by atoms with Crippen molar-refractivity contribution in [2.24, 2.45) is 0 Å². The second-order valence-corrected chi connectivity index (χ2v) is 8.74. The highest BCUT2D eigenvalue weighted by molar-refractivity contribution is 7.22. The summed E-state index contributed by atoms with van der Waals surface area (Å²) in [4.78, 5) is 22.6. The quantitative estimate of drug-likeness (QED) is 0.270. The van der Waals surface area contributed by atoms with Gasteiger partial charge in [0.25, 0.3) is 5.91 Å². The first-order valence-corrected chi connectivity index (χ1v) is 12.1. The summed E-state index contributed by atoms with van der Waals surface area (Å²) in [5.74, 6) is 0.679. The SMILES string of the molecule is CCN(CC)CCN(C(=O)c1ccc(-c2ccccc2)cc1)c1nc2c(OC)cccc2s1.Cl. The van der Waals surface area contributed by atoms with Gasteiger partial charge in [0.1, 0.15) is 11.3 Å². The average molecular weight is 496 g/mol. The van der Waals surface area contributed by atoms with Crippen LogP contribution in [-0.2, 0) is 0 Å². The number of fused-ring (bicyclic) bond motifs is 1. The normalized spacial score (nSPS) is 10.8. The van der Waals surface area contributed by atoms with Gasteiger partial charge in [0.15, 0.2) is 5.13 Å². The van der Waals surface area contributed by atoms with Crippen molar-refractivity contribution in [2.75, 3.05) is 38.2 Å². The molecule has 0 radical (unpaired) electrons. The van der Waals surface area contributed by atoms with Crippen molar-refractivity contribution in [3.05, 3.63) is 78.4 Å². The second-order valence-electron chi connectivity index (χ2n) is 7.73. The van der Waals surface area contributed by atoms with Crippen molar-refractivity contribution < 1.29 is 9.53 Å². The smallest absolute Gasteiger partial charge is 0.260 e. The summed E-state index contributed by atoms with van der Waals surface area (Å²) >= 11 is 1.52. The Bertz CT molecular complexity index is 1210. The maximum absolute atomic E-state index is 13.7. The molecule has 4 rings (SSSR count). The highest BCUT2D eigenvalue weighted by Gasteiger charge is 2.23. The Morgan fingerprint density at radius 1 is 0.882 bits per heavy atom. The summed E-state index contributed by atoms with van der Waals surface area (Å²) < 4.78 is 6.49. The lowest BCUT2D eigenvalue weighted by molar-refractivity contribution is 0.0984. The summed E-state index contributed by atoms with van der Waals surface area (Å²) in [6.45, 7) is 7.52. The van der Waals surface area contributed by atoms with Crippen LogP contribution in [0.2, 0.25) is 0 Å². The molecule has 34 heavy (non-hydrogen) atoms. The number of carbonyl (C=O) groups is 1. The zero-order chi connectivity index (χ0) is 23.2. The number of hydrogen-bond acceptors (Lipinski definition) is 5. The van der Waals surface area contributed by atoms with Crippen molar-refractivity contribution >= 4 is 45.0 Å². The molecular formula is C27H30ClN3O2S. The van der Waals surface area contributed by atoms with Gasteiger partial charge in [-0.15, -0.1) is 12.4 Å². The van der Waals surface area contributed by atoms with Crippen molar-refractivity contribution in [3.63, 3.8) is 0 Å². The number of amides is 1. The van der Waals surface area contributed by atoms with E-state index in [2.05, 4.69) is 30.9 Å². The molecule has 1 heterocycles. The van der Waals surface area contributed by atoms with E-state index >= 15 is 0 Å². The Balaban J connectivity index is 0.00000324. The molecule has 0 bridgehead atoms. The van der Waals surface area contributed by atoms with E-state index < -0.39 is 0 Å². The zero-order valence-corrected chi connectivity index (χ0v) is 21.4. The number of methoxy groups -OCH3 is 1. The largest absolute Gasteiger partial charge is 0.494 e. The first-order chi connectivity index (χ1) is 16.1. The molecule has 4 aromatic rings. The average Bonchev–Trinajstić information content (AvgIpc) is 3.31. The molecule has 7 heteroatoms. The number of carbonyl (C=O) groups excluding carboxylic acids is 1. The molecule has 0 spiro atoms. The first-order valence-electron chi connectivity index (χ1n) is 11.3. The number of benzene rings is 3. The molecule has 1 amide bonds. The highest BCUT2D eigenvalue weighted by Crippen LogP contribution is 2.34. The molecule has 3 aromatic carbocycles. The number of thiazole rings is 1. The summed E-state index contributed by atoms with van der Waals surface area (Å²) in [6, 6.07) is 23.9. The summed E-state index contributed by atoms with van der Waals surface area (Å²) in [5.41, 5.74) is 3.67. The zero-order valence-electron chi connectivity index (χ0n) is 19.7. The number of ether oxygens (including phenoxy) is 1. The number of para-hydroxylation sites is 1. The van der Waals surface area contributed by atoms with Crippen LogP contribution in [0.5, 0.6) is 5.75 Å². The Morgan fingerprint density at radius 2 is 1.56 bits per heavy atom. The minimum Gasteiger partial charge on any atom is -0.494 e. The highest BCUT2D eigenvalue weighted by atomic mass is 35.5. The summed E-state index contributed by atoms with van der Waals surface area (Å²) in [7, 11) is 1.64. The van der Waals surface area contributed by atoms with Crippen molar-refractivity contribution in [1.82, 2.24) is 9.88 Å². The lowest BCUT2D eigenvalue weighted by Crippen LogP contribution is -2.38. The van der Waals surface area contributed by atoms with E-state index in [1.807, 2.05) is 60.7 Å². The third-order valence-electron chi connectivity index (χ3n) is 5.84. The number of hydrogen-bond donors (Lipinski definition) is 0. The van der Waals surface area contributed by atoms with Crippen LogP contribution in [-0.4, -0.2) is 49.1 Å². The van der Waals surface area contributed by atoms with Crippen molar-refractivity contribution in [2.45, 2.75) is 13.8 Å². The third kappa shape index (κ3) is 5.58. The summed E-state index contributed by atoms with van der Waals surface area (Å²) in [5, 5.41) is 0.693. The van der Waals surface area contributed by atoms with E-state index in [0.29, 0.717) is 17.2 Å². The van der Waals surface area contributed by atoms with Crippen molar-refractivity contribution in [3.8, 4) is 16.9 Å². The molecule has 0 unspecified atom stereocenters. The van der Waals surface area contributed by atoms with E-state index in [4.69, 9.17) is 9.72 Å². The Kier molecular flexibility index (Phi) is 9.05. The van der Waals surface area contributed by atoms with Crippen LogP contribution >= 0.6 is 23.7 Å². The Morgan fingerprint density at radius 3 is 2.21 bits per heavy atom. The lowest BCUT2D eigenvalue weighted by Gasteiger charge is -2.24. The lowest BCUT2D eigenvalue weighted by atomic mass is 10.0. The topological polar surface area (TPSA) is 45.7 Å². The number of anilines is 1. The molecule has 1 aromatic heterocycles. The van der Waals surface area contributed by atoms with Crippen LogP contribution in [0, 0.1) is 0 Å². The van der Waals surface area contributed by atoms with Gasteiger partial charge in [-0.2, -0.15) is 0 Å². The molecule has 0 N–H and O–H groups in total. The minimum atomic E-state index is -0.0419. The predicted octanol–water partition coefficient (Wildman–Crippen LogP) is 6.38. The number of likely N-dealkylation sites (N-methyl/N-ethyl adjacent to an activating group) is 1. The van der Waals surface area contributed by atoms with Gasteiger partial charge in [-0.1, -0.05) is 73.7 Å². The number of nitrogens with zero attached hydrogens (tertiary/aromatic N) is 3. The van der Waals surface area contributed by atoms with Gasteiger partial charge in [0.05, 0.1) is 11.8 Å². The fourth-order valence-corrected chi connectivity index (χ4v) is 4.86. The van der Waals surface area contributed by atoms with Gasteiger partial charge < -0.3 is 9.64 Å². The van der Waals surface area contributed by atoms with Crippen molar-refractivity contribution in [1.29, 1.82) is 0 Å². The number of halogens is 1. The molecule has 0 aliphatic carbocycles. The molecule has 5 nitrogen and oxygen atoms in total. The molecule has 0 aliphatic heterocycles. The predicted molar refractivity (Wildman–Crippen MR) is 145 cm³/mol. The molecule has 178 valence electrons. The monoisotopic (exact) mass is 495 g/mol. The van der Waals surface area contributed by atoms with E-state index in [9.17, 15) is 4.79 Å². The maximum atomic E-state index is 13.7.